The second-order valence-electron chi connectivity index (χ2n) is 4.95. The summed E-state index contributed by atoms with van der Waals surface area (Å²) >= 11 is 0. The molecule has 0 radical (unpaired) electrons. The van der Waals surface area contributed by atoms with E-state index in [0.29, 0.717) is 24.7 Å². The van der Waals surface area contributed by atoms with Crippen LogP contribution in [-0.4, -0.2) is 53.2 Å². The van der Waals surface area contributed by atoms with Crippen molar-refractivity contribution in [3.05, 3.63) is 29.6 Å². The highest BCUT2D eigenvalue weighted by molar-refractivity contribution is 5.94. The number of rotatable bonds is 5. The first-order valence-corrected chi connectivity index (χ1v) is 6.77. The van der Waals surface area contributed by atoms with Crippen LogP contribution in [0.4, 0.5) is 0 Å². The maximum absolute atomic E-state index is 12.4. The van der Waals surface area contributed by atoms with E-state index in [1.54, 1.807) is 23.2 Å². The highest BCUT2D eigenvalue weighted by atomic mass is 16.3. The van der Waals surface area contributed by atoms with Crippen molar-refractivity contribution in [2.24, 2.45) is 0 Å². The average molecular weight is 263 g/mol. The van der Waals surface area contributed by atoms with Gasteiger partial charge in [-0.2, -0.15) is 0 Å². The highest BCUT2D eigenvalue weighted by Crippen LogP contribution is 2.11. The molecule has 2 N–H and O–H groups in total. The molecule has 0 saturated carbocycles. The molecule has 1 aliphatic heterocycles. The second kappa shape index (κ2) is 6.63. The molecule has 104 valence electrons. The van der Waals surface area contributed by atoms with Gasteiger partial charge >= 0.3 is 0 Å². The quantitative estimate of drug-likeness (QED) is 0.815. The molecule has 5 heteroatoms. The number of hydrogen-bond acceptors (Lipinski definition) is 4. The molecule has 1 aromatic heterocycles. The van der Waals surface area contributed by atoms with Gasteiger partial charge in [-0.15, -0.1) is 0 Å². The summed E-state index contributed by atoms with van der Waals surface area (Å²) in [7, 11) is 0. The number of aliphatic hydroxyl groups excluding tert-OH is 1. The summed E-state index contributed by atoms with van der Waals surface area (Å²) in [6, 6.07) is 3.86. The van der Waals surface area contributed by atoms with Gasteiger partial charge in [-0.3, -0.25) is 9.78 Å². The van der Waals surface area contributed by atoms with E-state index in [4.69, 9.17) is 5.11 Å². The molecule has 0 bridgehead atoms. The molecule has 1 unspecified atom stereocenters. The lowest BCUT2D eigenvalue weighted by atomic mass is 10.1. The average Bonchev–Trinajstić information content (AvgIpc) is 2.90. The molecule has 0 aromatic carbocycles. The monoisotopic (exact) mass is 263 g/mol. The van der Waals surface area contributed by atoms with Crippen molar-refractivity contribution in [3.8, 4) is 0 Å². The zero-order valence-electron chi connectivity index (χ0n) is 11.3. The zero-order valence-corrected chi connectivity index (χ0v) is 11.3. The van der Waals surface area contributed by atoms with Gasteiger partial charge in [0.2, 0.25) is 0 Å². The molecular weight excluding hydrogens is 242 g/mol. The largest absolute Gasteiger partial charge is 0.395 e. The third-order valence-electron chi connectivity index (χ3n) is 3.40. The van der Waals surface area contributed by atoms with Crippen LogP contribution < -0.4 is 5.32 Å². The lowest BCUT2D eigenvalue weighted by molar-refractivity contribution is 0.0706. The molecule has 5 nitrogen and oxygen atoms in total. The summed E-state index contributed by atoms with van der Waals surface area (Å²) in [5, 5.41) is 12.5. The zero-order chi connectivity index (χ0) is 13.7. The van der Waals surface area contributed by atoms with Gasteiger partial charge in [-0.05, 0) is 38.4 Å². The van der Waals surface area contributed by atoms with Gasteiger partial charge in [0, 0.05) is 36.6 Å². The van der Waals surface area contributed by atoms with Crippen molar-refractivity contribution >= 4 is 5.91 Å². The predicted octanol–water partition coefficient (Wildman–Crippen LogP) is 0.577. The van der Waals surface area contributed by atoms with Crippen molar-refractivity contribution in [2.45, 2.75) is 25.8 Å². The molecule has 1 atom stereocenters. The second-order valence-corrected chi connectivity index (χ2v) is 4.95. The Hall–Kier alpha value is -1.46. The number of hydrogen-bond donors (Lipinski definition) is 2. The summed E-state index contributed by atoms with van der Waals surface area (Å²) in [6.07, 6.45) is 3.89. The molecular formula is C14H21N3O2. The lowest BCUT2D eigenvalue weighted by Gasteiger charge is -2.25. The van der Waals surface area contributed by atoms with E-state index in [-0.39, 0.29) is 12.5 Å². The van der Waals surface area contributed by atoms with Gasteiger partial charge in [0.25, 0.3) is 5.91 Å². The van der Waals surface area contributed by atoms with Gasteiger partial charge in [0.05, 0.1) is 6.61 Å². The van der Waals surface area contributed by atoms with Crippen LogP contribution in [0.15, 0.2) is 18.3 Å². The molecule has 0 spiro atoms. The summed E-state index contributed by atoms with van der Waals surface area (Å²) in [5.41, 5.74) is 1.47. The normalized spacial score (nSPS) is 18.5. The highest BCUT2D eigenvalue weighted by Gasteiger charge is 2.22. The predicted molar refractivity (Wildman–Crippen MR) is 73.0 cm³/mol. The minimum Gasteiger partial charge on any atom is -0.395 e. The van der Waals surface area contributed by atoms with E-state index in [2.05, 4.69) is 10.3 Å². The lowest BCUT2D eigenvalue weighted by Crippen LogP contribution is -2.42. The summed E-state index contributed by atoms with van der Waals surface area (Å²) in [6.45, 7) is 3.90. The number of aromatic nitrogens is 1. The molecule has 1 aliphatic rings. The van der Waals surface area contributed by atoms with Gasteiger partial charge < -0.3 is 15.3 Å². The fraction of sp³-hybridized carbons (Fsp3) is 0.571. The van der Waals surface area contributed by atoms with E-state index in [0.717, 1.165) is 25.1 Å². The van der Waals surface area contributed by atoms with Crippen LogP contribution in [-0.2, 0) is 0 Å². The number of carbonyl (C=O) groups excluding carboxylic acids is 1. The Kier molecular flexibility index (Phi) is 4.87. The van der Waals surface area contributed by atoms with Gasteiger partial charge in [0.15, 0.2) is 0 Å². The van der Waals surface area contributed by atoms with E-state index in [1.807, 2.05) is 6.92 Å². The van der Waals surface area contributed by atoms with Crippen LogP contribution in [0.25, 0.3) is 0 Å². The van der Waals surface area contributed by atoms with Crippen molar-refractivity contribution < 1.29 is 9.90 Å². The van der Waals surface area contributed by atoms with Gasteiger partial charge in [-0.1, -0.05) is 0 Å². The van der Waals surface area contributed by atoms with Crippen LogP contribution in [0.1, 0.15) is 28.9 Å². The molecule has 19 heavy (non-hydrogen) atoms. The molecule has 2 heterocycles. The Balaban J connectivity index is 2.06. The third-order valence-corrected chi connectivity index (χ3v) is 3.40. The Morgan fingerprint density at radius 3 is 3.11 bits per heavy atom. The number of amides is 1. The first kappa shape index (κ1) is 14.0. The van der Waals surface area contributed by atoms with Crippen LogP contribution in [0, 0.1) is 6.92 Å². The van der Waals surface area contributed by atoms with Crippen LogP contribution in [0.3, 0.4) is 0 Å². The maximum atomic E-state index is 12.4. The molecule has 1 amide bonds. The Bertz CT molecular complexity index is 430. The summed E-state index contributed by atoms with van der Waals surface area (Å²) in [4.78, 5) is 18.3. The topological polar surface area (TPSA) is 65.5 Å². The number of pyridine rings is 1. The van der Waals surface area contributed by atoms with Crippen LogP contribution in [0.5, 0.6) is 0 Å². The van der Waals surface area contributed by atoms with Crippen molar-refractivity contribution in [3.63, 3.8) is 0 Å². The Labute approximate surface area is 113 Å². The third kappa shape index (κ3) is 3.75. The maximum Gasteiger partial charge on any atom is 0.254 e. The first-order valence-electron chi connectivity index (χ1n) is 6.77. The fourth-order valence-electron chi connectivity index (χ4n) is 2.44. The van der Waals surface area contributed by atoms with E-state index >= 15 is 0 Å². The molecule has 1 aromatic rings. The number of aryl methyl sites for hydroxylation is 1. The molecule has 2 rings (SSSR count). The number of aliphatic hydroxyl groups is 1. The van der Waals surface area contributed by atoms with E-state index in [1.165, 1.54) is 0 Å². The molecule has 1 fully saturated rings. The SMILES string of the molecule is Cc1cc(C(=O)N(CCO)CC2CCCN2)ccn1. The number of nitrogens with one attached hydrogen (secondary N) is 1. The smallest absolute Gasteiger partial charge is 0.254 e. The van der Waals surface area contributed by atoms with Gasteiger partial charge in [-0.25, -0.2) is 0 Å². The standard InChI is InChI=1S/C14H21N3O2/c1-11-9-12(4-6-15-11)14(19)17(7-8-18)10-13-3-2-5-16-13/h4,6,9,13,16,18H,2-3,5,7-8,10H2,1H3. The van der Waals surface area contributed by atoms with Crippen LogP contribution >= 0.6 is 0 Å². The molecule has 1 saturated heterocycles. The van der Waals surface area contributed by atoms with E-state index < -0.39 is 0 Å². The minimum atomic E-state index is -0.0340. The van der Waals surface area contributed by atoms with E-state index in [9.17, 15) is 4.79 Å². The van der Waals surface area contributed by atoms with Crippen molar-refractivity contribution in [1.82, 2.24) is 15.2 Å². The number of carbonyl (C=O) groups is 1. The van der Waals surface area contributed by atoms with Crippen LogP contribution in [0.2, 0.25) is 0 Å². The Morgan fingerprint density at radius 2 is 2.47 bits per heavy atom. The molecule has 0 aliphatic carbocycles. The van der Waals surface area contributed by atoms with Crippen molar-refractivity contribution in [2.75, 3.05) is 26.2 Å². The number of nitrogens with zero attached hydrogens (tertiary/aromatic N) is 2. The Morgan fingerprint density at radius 1 is 1.63 bits per heavy atom. The van der Waals surface area contributed by atoms with Crippen molar-refractivity contribution in [1.29, 1.82) is 0 Å². The van der Waals surface area contributed by atoms with Gasteiger partial charge in [0.1, 0.15) is 0 Å². The summed E-state index contributed by atoms with van der Waals surface area (Å²) < 4.78 is 0. The summed E-state index contributed by atoms with van der Waals surface area (Å²) in [5.74, 6) is -0.0340. The minimum absolute atomic E-state index is 0.0114. The first-order chi connectivity index (χ1) is 9.20. The fourth-order valence-corrected chi connectivity index (χ4v) is 2.44.